The van der Waals surface area contributed by atoms with Crippen LogP contribution in [0.25, 0.3) is 0 Å². The number of carboxylic acid groups (broad SMARTS) is 1. The van der Waals surface area contributed by atoms with Crippen molar-refractivity contribution in [2.24, 2.45) is 0 Å². The van der Waals surface area contributed by atoms with Crippen molar-refractivity contribution >= 4 is 5.97 Å². The summed E-state index contributed by atoms with van der Waals surface area (Å²) in [6.07, 6.45) is 5.82. The standard InChI is InChI=1S/C12H25NO2/c1-11(13(2,3)4)9-7-5-6-8-10-12(14)15/h11H,5-10H2,1-4H3/p+1. The third kappa shape index (κ3) is 8.43. The Morgan fingerprint density at radius 1 is 1.13 bits per heavy atom. The first-order chi connectivity index (χ1) is 6.84. The molecule has 1 atom stereocenters. The summed E-state index contributed by atoms with van der Waals surface area (Å²) in [7, 11) is 6.65. The Kier molecular flexibility index (Phi) is 6.57. The van der Waals surface area contributed by atoms with Gasteiger partial charge in [0.25, 0.3) is 0 Å². The largest absolute Gasteiger partial charge is 0.481 e. The number of nitrogens with zero attached hydrogens (tertiary/aromatic N) is 1. The van der Waals surface area contributed by atoms with Gasteiger partial charge < -0.3 is 9.59 Å². The minimum Gasteiger partial charge on any atom is -0.481 e. The minimum absolute atomic E-state index is 0.324. The molecular formula is C12H26NO2+. The summed E-state index contributed by atoms with van der Waals surface area (Å²) < 4.78 is 1.01. The lowest BCUT2D eigenvalue weighted by molar-refractivity contribution is -0.894. The molecule has 0 saturated carbocycles. The highest BCUT2D eigenvalue weighted by atomic mass is 16.4. The number of quaternary nitrogens is 1. The van der Waals surface area contributed by atoms with Crippen molar-refractivity contribution in [3.8, 4) is 0 Å². The fraction of sp³-hybridized carbons (Fsp3) is 0.917. The lowest BCUT2D eigenvalue weighted by Gasteiger charge is -2.31. The number of aliphatic carboxylic acids is 1. The molecule has 0 bridgehead atoms. The summed E-state index contributed by atoms with van der Waals surface area (Å²) >= 11 is 0. The van der Waals surface area contributed by atoms with Crippen LogP contribution in [0.4, 0.5) is 0 Å². The van der Waals surface area contributed by atoms with Gasteiger partial charge in [-0.05, 0) is 26.2 Å². The third-order valence-electron chi connectivity index (χ3n) is 3.08. The Hall–Kier alpha value is -0.570. The zero-order chi connectivity index (χ0) is 11.9. The first-order valence-electron chi connectivity index (χ1n) is 5.87. The maximum absolute atomic E-state index is 10.3. The summed E-state index contributed by atoms with van der Waals surface area (Å²) in [5.41, 5.74) is 0. The molecule has 0 fully saturated rings. The molecule has 1 N–H and O–H groups in total. The monoisotopic (exact) mass is 216 g/mol. The van der Waals surface area contributed by atoms with Crippen LogP contribution in [0.2, 0.25) is 0 Å². The van der Waals surface area contributed by atoms with Gasteiger partial charge in [-0.15, -0.1) is 0 Å². The molecule has 3 nitrogen and oxygen atoms in total. The highest BCUT2D eigenvalue weighted by Gasteiger charge is 2.16. The van der Waals surface area contributed by atoms with Crippen LogP contribution in [-0.2, 0) is 4.79 Å². The maximum atomic E-state index is 10.3. The molecule has 0 aromatic carbocycles. The topological polar surface area (TPSA) is 37.3 Å². The summed E-state index contributed by atoms with van der Waals surface area (Å²) in [6, 6.07) is 0.685. The second kappa shape index (κ2) is 6.83. The highest BCUT2D eigenvalue weighted by molar-refractivity contribution is 5.66. The van der Waals surface area contributed by atoms with Crippen LogP contribution in [0.1, 0.15) is 45.4 Å². The zero-order valence-corrected chi connectivity index (χ0v) is 10.6. The molecule has 0 aliphatic rings. The number of carboxylic acids is 1. The van der Waals surface area contributed by atoms with Crippen molar-refractivity contribution in [1.82, 2.24) is 0 Å². The van der Waals surface area contributed by atoms with Gasteiger partial charge in [0.15, 0.2) is 0 Å². The Balaban J connectivity index is 3.35. The van der Waals surface area contributed by atoms with Crippen molar-refractivity contribution in [3.05, 3.63) is 0 Å². The van der Waals surface area contributed by atoms with Gasteiger partial charge >= 0.3 is 5.97 Å². The molecule has 0 saturated heterocycles. The van der Waals surface area contributed by atoms with E-state index in [0.29, 0.717) is 12.5 Å². The summed E-state index contributed by atoms with van der Waals surface area (Å²) in [5.74, 6) is -0.672. The average Bonchev–Trinajstić information content (AvgIpc) is 2.08. The molecule has 0 aliphatic carbocycles. The van der Waals surface area contributed by atoms with E-state index in [4.69, 9.17) is 5.11 Å². The number of hydrogen-bond donors (Lipinski definition) is 1. The van der Waals surface area contributed by atoms with Gasteiger partial charge in [0.05, 0.1) is 27.2 Å². The number of unbranched alkanes of at least 4 members (excludes halogenated alkanes) is 3. The van der Waals surface area contributed by atoms with Crippen LogP contribution >= 0.6 is 0 Å². The van der Waals surface area contributed by atoms with E-state index in [2.05, 4.69) is 28.1 Å². The predicted octanol–water partition coefficient (Wildman–Crippen LogP) is 2.51. The van der Waals surface area contributed by atoms with Crippen LogP contribution in [0.3, 0.4) is 0 Å². The Labute approximate surface area is 93.7 Å². The van der Waals surface area contributed by atoms with Gasteiger partial charge in [-0.1, -0.05) is 12.8 Å². The fourth-order valence-electron chi connectivity index (χ4n) is 1.46. The normalized spacial score (nSPS) is 13.9. The predicted molar refractivity (Wildman–Crippen MR) is 62.8 cm³/mol. The highest BCUT2D eigenvalue weighted by Crippen LogP contribution is 2.12. The van der Waals surface area contributed by atoms with Crippen LogP contribution in [-0.4, -0.2) is 42.7 Å². The SMILES string of the molecule is CC(CCCCCCC(=O)O)[N+](C)(C)C. The molecule has 1 unspecified atom stereocenters. The molecule has 15 heavy (non-hydrogen) atoms. The Bertz CT molecular complexity index is 185. The summed E-state index contributed by atoms with van der Waals surface area (Å²) in [4.78, 5) is 10.3. The first-order valence-corrected chi connectivity index (χ1v) is 5.87. The lowest BCUT2D eigenvalue weighted by Crippen LogP contribution is -2.43. The van der Waals surface area contributed by atoms with Gasteiger partial charge in [0.1, 0.15) is 0 Å². The Morgan fingerprint density at radius 2 is 1.67 bits per heavy atom. The van der Waals surface area contributed by atoms with E-state index < -0.39 is 5.97 Å². The van der Waals surface area contributed by atoms with E-state index in [9.17, 15) is 4.79 Å². The molecule has 0 aromatic rings. The van der Waals surface area contributed by atoms with Gasteiger partial charge in [-0.3, -0.25) is 4.79 Å². The van der Waals surface area contributed by atoms with Crippen molar-refractivity contribution in [2.45, 2.75) is 51.5 Å². The number of hydrogen-bond acceptors (Lipinski definition) is 1. The van der Waals surface area contributed by atoms with Gasteiger partial charge in [0, 0.05) is 6.42 Å². The van der Waals surface area contributed by atoms with E-state index in [1.807, 2.05) is 0 Å². The molecular weight excluding hydrogens is 190 g/mol. The summed E-state index contributed by atoms with van der Waals surface area (Å²) in [5, 5.41) is 8.46. The van der Waals surface area contributed by atoms with Crippen molar-refractivity contribution < 1.29 is 14.4 Å². The molecule has 3 heteroatoms. The van der Waals surface area contributed by atoms with Crippen molar-refractivity contribution in [3.63, 3.8) is 0 Å². The second-order valence-corrected chi connectivity index (χ2v) is 5.31. The van der Waals surface area contributed by atoms with Crippen molar-refractivity contribution in [1.29, 1.82) is 0 Å². The zero-order valence-electron chi connectivity index (χ0n) is 10.6. The van der Waals surface area contributed by atoms with E-state index in [1.165, 1.54) is 12.8 Å². The van der Waals surface area contributed by atoms with E-state index in [0.717, 1.165) is 23.7 Å². The molecule has 0 rings (SSSR count). The van der Waals surface area contributed by atoms with Crippen LogP contribution in [0, 0.1) is 0 Å². The van der Waals surface area contributed by atoms with Crippen LogP contribution in [0.15, 0.2) is 0 Å². The molecule has 0 aromatic heterocycles. The van der Waals surface area contributed by atoms with Gasteiger partial charge in [0.2, 0.25) is 0 Å². The fourth-order valence-corrected chi connectivity index (χ4v) is 1.46. The summed E-state index contributed by atoms with van der Waals surface area (Å²) in [6.45, 7) is 2.28. The average molecular weight is 216 g/mol. The molecule has 0 aliphatic heterocycles. The molecule has 0 radical (unpaired) electrons. The second-order valence-electron chi connectivity index (χ2n) is 5.31. The molecule has 0 heterocycles. The van der Waals surface area contributed by atoms with Crippen molar-refractivity contribution in [2.75, 3.05) is 21.1 Å². The quantitative estimate of drug-likeness (QED) is 0.500. The lowest BCUT2D eigenvalue weighted by atomic mass is 10.1. The first kappa shape index (κ1) is 14.4. The number of rotatable bonds is 8. The number of carbonyl (C=O) groups is 1. The van der Waals surface area contributed by atoms with E-state index in [-0.39, 0.29) is 0 Å². The van der Waals surface area contributed by atoms with Gasteiger partial charge in [-0.25, -0.2) is 0 Å². The molecule has 0 amide bonds. The molecule has 90 valence electrons. The van der Waals surface area contributed by atoms with E-state index in [1.54, 1.807) is 0 Å². The molecule has 0 spiro atoms. The maximum Gasteiger partial charge on any atom is 0.303 e. The Morgan fingerprint density at radius 3 is 2.13 bits per heavy atom. The smallest absolute Gasteiger partial charge is 0.303 e. The third-order valence-corrected chi connectivity index (χ3v) is 3.08. The van der Waals surface area contributed by atoms with Crippen LogP contribution < -0.4 is 0 Å². The van der Waals surface area contributed by atoms with Gasteiger partial charge in [-0.2, -0.15) is 0 Å². The van der Waals surface area contributed by atoms with Crippen LogP contribution in [0.5, 0.6) is 0 Å². The minimum atomic E-state index is -0.672. The van der Waals surface area contributed by atoms with E-state index >= 15 is 0 Å².